The van der Waals surface area contributed by atoms with Crippen LogP contribution in [0, 0.1) is 0 Å². The molecule has 0 saturated carbocycles. The SMILES string of the molecule is CC(O)C(NC(=O)C(CO)NC(=O)C(Cc1cnc[nH]1)NC(=O)C(N)CC(=O)O)C(=O)O. The zero-order valence-electron chi connectivity index (χ0n) is 17.0. The number of nitrogens with two attached hydrogens (primary N) is 1. The highest BCUT2D eigenvalue weighted by Crippen LogP contribution is 2.02. The largest absolute Gasteiger partial charge is 0.481 e. The Balaban J connectivity index is 2.94. The molecule has 1 aromatic rings. The number of nitrogens with zero attached hydrogens (tertiary/aromatic N) is 1. The number of aliphatic hydroxyl groups is 2. The topological polar surface area (TPSA) is 257 Å². The maximum absolute atomic E-state index is 12.7. The number of imidazole rings is 1. The van der Waals surface area contributed by atoms with Gasteiger partial charge in [0.25, 0.3) is 0 Å². The number of amides is 3. The second kappa shape index (κ2) is 12.3. The zero-order valence-corrected chi connectivity index (χ0v) is 17.0. The highest BCUT2D eigenvalue weighted by Gasteiger charge is 2.32. The van der Waals surface area contributed by atoms with Gasteiger partial charge in [0.2, 0.25) is 17.7 Å². The molecule has 0 fully saturated rings. The smallest absolute Gasteiger partial charge is 0.328 e. The van der Waals surface area contributed by atoms with E-state index in [2.05, 4.69) is 20.6 Å². The first-order chi connectivity index (χ1) is 15.0. The summed E-state index contributed by atoms with van der Waals surface area (Å²) < 4.78 is 0. The van der Waals surface area contributed by atoms with Gasteiger partial charge in [0.05, 0.1) is 31.5 Å². The van der Waals surface area contributed by atoms with E-state index in [9.17, 15) is 34.2 Å². The van der Waals surface area contributed by atoms with Gasteiger partial charge in [0.15, 0.2) is 6.04 Å². The number of carbonyl (C=O) groups is 5. The van der Waals surface area contributed by atoms with Gasteiger partial charge in [-0.25, -0.2) is 9.78 Å². The van der Waals surface area contributed by atoms with E-state index >= 15 is 0 Å². The lowest BCUT2D eigenvalue weighted by atomic mass is 10.1. The molecule has 0 spiro atoms. The predicted molar refractivity (Wildman–Crippen MR) is 105 cm³/mol. The van der Waals surface area contributed by atoms with E-state index < -0.39 is 73.0 Å². The van der Waals surface area contributed by atoms with Gasteiger partial charge < -0.3 is 47.1 Å². The maximum atomic E-state index is 12.7. The molecule has 15 nitrogen and oxygen atoms in total. The monoisotopic (exact) mass is 458 g/mol. The summed E-state index contributed by atoms with van der Waals surface area (Å²) in [6.45, 7) is 0.203. The molecule has 1 rings (SSSR count). The number of rotatable bonds is 13. The summed E-state index contributed by atoms with van der Waals surface area (Å²) in [4.78, 5) is 65.5. The minimum absolute atomic E-state index is 0.150. The summed E-state index contributed by atoms with van der Waals surface area (Å²) >= 11 is 0. The molecule has 0 radical (unpaired) electrons. The minimum atomic E-state index is -1.69. The number of carboxylic acids is 2. The Morgan fingerprint density at radius 1 is 1.06 bits per heavy atom. The second-order valence-electron chi connectivity index (χ2n) is 6.86. The van der Waals surface area contributed by atoms with Gasteiger partial charge in [0.1, 0.15) is 12.1 Å². The molecule has 0 aliphatic heterocycles. The summed E-state index contributed by atoms with van der Waals surface area (Å²) in [7, 11) is 0. The molecule has 0 saturated heterocycles. The van der Waals surface area contributed by atoms with Gasteiger partial charge in [-0.1, -0.05) is 0 Å². The van der Waals surface area contributed by atoms with E-state index in [1.54, 1.807) is 0 Å². The zero-order chi connectivity index (χ0) is 24.4. The average molecular weight is 458 g/mol. The number of hydrogen-bond donors (Lipinski definition) is 9. The first-order valence-corrected chi connectivity index (χ1v) is 9.33. The first kappa shape index (κ1) is 26.5. The summed E-state index contributed by atoms with van der Waals surface area (Å²) in [6.07, 6.45) is 0.369. The number of nitrogens with one attached hydrogen (secondary N) is 4. The molecule has 5 unspecified atom stereocenters. The summed E-state index contributed by atoms with van der Waals surface area (Å²) in [5, 5.41) is 43.1. The number of aliphatic hydroxyl groups excluding tert-OH is 2. The van der Waals surface area contributed by atoms with Crippen LogP contribution in [0.3, 0.4) is 0 Å². The van der Waals surface area contributed by atoms with Crippen molar-refractivity contribution in [3.63, 3.8) is 0 Å². The molecule has 10 N–H and O–H groups in total. The van der Waals surface area contributed by atoms with Gasteiger partial charge in [-0.3, -0.25) is 19.2 Å². The Kier molecular flexibility index (Phi) is 10.2. The molecule has 32 heavy (non-hydrogen) atoms. The Morgan fingerprint density at radius 3 is 2.12 bits per heavy atom. The van der Waals surface area contributed by atoms with Crippen LogP contribution in [-0.2, 0) is 30.4 Å². The van der Waals surface area contributed by atoms with Crippen LogP contribution in [0.1, 0.15) is 19.0 Å². The quantitative estimate of drug-likeness (QED) is 0.136. The molecular weight excluding hydrogens is 432 g/mol. The van der Waals surface area contributed by atoms with Crippen LogP contribution in [0.5, 0.6) is 0 Å². The lowest BCUT2D eigenvalue weighted by molar-refractivity contribution is -0.145. The molecule has 0 aliphatic carbocycles. The number of H-pyrrole nitrogens is 1. The van der Waals surface area contributed by atoms with Crippen molar-refractivity contribution in [2.24, 2.45) is 5.73 Å². The van der Waals surface area contributed by atoms with Crippen LogP contribution in [0.25, 0.3) is 0 Å². The number of hydrogen-bond acceptors (Lipinski definition) is 9. The molecule has 15 heteroatoms. The number of aromatic amines is 1. The van der Waals surface area contributed by atoms with Crippen molar-refractivity contribution in [3.8, 4) is 0 Å². The van der Waals surface area contributed by atoms with E-state index in [1.165, 1.54) is 12.5 Å². The van der Waals surface area contributed by atoms with Crippen molar-refractivity contribution >= 4 is 29.7 Å². The van der Waals surface area contributed by atoms with Gasteiger partial charge in [-0.05, 0) is 6.92 Å². The van der Waals surface area contributed by atoms with E-state index in [4.69, 9.17) is 15.9 Å². The van der Waals surface area contributed by atoms with Crippen LogP contribution >= 0.6 is 0 Å². The number of carboxylic acid groups (broad SMARTS) is 2. The fraction of sp³-hybridized carbons (Fsp3) is 0.529. The van der Waals surface area contributed by atoms with Gasteiger partial charge in [-0.15, -0.1) is 0 Å². The van der Waals surface area contributed by atoms with E-state index in [-0.39, 0.29) is 6.42 Å². The fourth-order valence-electron chi connectivity index (χ4n) is 2.49. The van der Waals surface area contributed by atoms with Crippen molar-refractivity contribution in [2.75, 3.05) is 6.61 Å². The lowest BCUT2D eigenvalue weighted by Crippen LogP contribution is -2.59. The average Bonchev–Trinajstić information content (AvgIpc) is 3.21. The van der Waals surface area contributed by atoms with Crippen molar-refractivity contribution in [1.29, 1.82) is 0 Å². The van der Waals surface area contributed by atoms with Crippen molar-refractivity contribution < 1.29 is 44.4 Å². The van der Waals surface area contributed by atoms with Crippen LogP contribution < -0.4 is 21.7 Å². The van der Waals surface area contributed by atoms with E-state index in [0.29, 0.717) is 5.69 Å². The van der Waals surface area contributed by atoms with Crippen LogP contribution in [0.15, 0.2) is 12.5 Å². The molecule has 0 aromatic carbocycles. The number of carbonyl (C=O) groups excluding carboxylic acids is 3. The van der Waals surface area contributed by atoms with Gasteiger partial charge >= 0.3 is 11.9 Å². The van der Waals surface area contributed by atoms with Crippen LogP contribution in [0.2, 0.25) is 0 Å². The molecule has 0 bridgehead atoms. The lowest BCUT2D eigenvalue weighted by Gasteiger charge is -2.24. The van der Waals surface area contributed by atoms with E-state index in [0.717, 1.165) is 6.92 Å². The maximum Gasteiger partial charge on any atom is 0.328 e. The summed E-state index contributed by atoms with van der Waals surface area (Å²) in [6, 6.07) is -6.11. The molecule has 1 heterocycles. The van der Waals surface area contributed by atoms with Crippen LogP contribution in [0.4, 0.5) is 0 Å². The third kappa shape index (κ3) is 8.29. The second-order valence-corrected chi connectivity index (χ2v) is 6.86. The molecule has 178 valence electrons. The van der Waals surface area contributed by atoms with Gasteiger partial charge in [0, 0.05) is 18.3 Å². The predicted octanol–water partition coefficient (Wildman–Crippen LogP) is -4.33. The van der Waals surface area contributed by atoms with Gasteiger partial charge in [-0.2, -0.15) is 0 Å². The third-order valence-electron chi connectivity index (χ3n) is 4.20. The standard InChI is InChI=1S/C17H26N6O9/c1-7(25)13(17(31)32)23-16(30)11(5-24)22-15(29)10(2-8-4-19-6-20-8)21-14(28)9(18)3-12(26)27/h4,6-7,9-11,13,24-25H,2-3,5,18H2,1H3,(H,19,20)(H,21,28)(H,22,29)(H,23,30)(H,26,27)(H,31,32). The molecular formula is C17H26N6O9. The summed E-state index contributed by atoms with van der Waals surface area (Å²) in [5.74, 6) is -5.85. The Bertz CT molecular complexity index is 813. The number of aromatic nitrogens is 2. The minimum Gasteiger partial charge on any atom is -0.481 e. The Labute approximate surface area is 181 Å². The molecule has 0 aliphatic rings. The summed E-state index contributed by atoms with van der Waals surface area (Å²) in [5.41, 5.74) is 5.90. The van der Waals surface area contributed by atoms with Crippen molar-refractivity contribution in [3.05, 3.63) is 18.2 Å². The highest BCUT2D eigenvalue weighted by molar-refractivity contribution is 5.95. The van der Waals surface area contributed by atoms with Crippen LogP contribution in [-0.4, -0.2) is 96.9 Å². The molecule has 3 amide bonds. The normalized spacial score (nSPS) is 15.5. The number of aliphatic carboxylic acids is 2. The molecule has 5 atom stereocenters. The molecule has 1 aromatic heterocycles. The Hall–Kier alpha value is -3.56. The van der Waals surface area contributed by atoms with E-state index in [1.807, 2.05) is 5.32 Å². The Morgan fingerprint density at radius 2 is 1.66 bits per heavy atom. The highest BCUT2D eigenvalue weighted by atomic mass is 16.4. The fourth-order valence-corrected chi connectivity index (χ4v) is 2.49. The van der Waals surface area contributed by atoms with Crippen molar-refractivity contribution in [1.82, 2.24) is 25.9 Å². The third-order valence-corrected chi connectivity index (χ3v) is 4.20. The van der Waals surface area contributed by atoms with Crippen molar-refractivity contribution in [2.45, 2.75) is 50.0 Å². The first-order valence-electron chi connectivity index (χ1n) is 9.33.